The van der Waals surface area contributed by atoms with Gasteiger partial charge in [0.1, 0.15) is 5.69 Å². The van der Waals surface area contributed by atoms with E-state index in [2.05, 4.69) is 21.7 Å². The van der Waals surface area contributed by atoms with Crippen LogP contribution in [0.15, 0.2) is 18.2 Å². The molecule has 0 atom stereocenters. The highest BCUT2D eigenvalue weighted by molar-refractivity contribution is 5.70. The van der Waals surface area contributed by atoms with E-state index >= 15 is 0 Å². The number of piperazine rings is 1. The van der Waals surface area contributed by atoms with E-state index in [0.717, 1.165) is 63.5 Å². The monoisotopic (exact) mass is 290 g/mol. The Balaban J connectivity index is 1.86. The summed E-state index contributed by atoms with van der Waals surface area (Å²) < 4.78 is 0. The van der Waals surface area contributed by atoms with Gasteiger partial charge in [0.15, 0.2) is 0 Å². The second-order valence-electron chi connectivity index (χ2n) is 5.91. The molecule has 2 heterocycles. The number of nitro benzene ring substituents is 1. The maximum atomic E-state index is 11.4. The topological polar surface area (TPSA) is 52.9 Å². The number of nitro groups is 1. The molecule has 0 radical (unpaired) electrons. The smallest absolute Gasteiger partial charge is 0.294 e. The average molecular weight is 290 g/mol. The zero-order chi connectivity index (χ0) is 14.8. The number of hydrogen-bond acceptors (Lipinski definition) is 5. The van der Waals surface area contributed by atoms with Crippen molar-refractivity contribution >= 4 is 17.1 Å². The first kappa shape index (κ1) is 14.1. The van der Waals surface area contributed by atoms with Gasteiger partial charge in [0.25, 0.3) is 5.69 Å². The van der Waals surface area contributed by atoms with Gasteiger partial charge in [0, 0.05) is 51.0 Å². The summed E-state index contributed by atoms with van der Waals surface area (Å²) in [6.45, 7) is 5.71. The summed E-state index contributed by atoms with van der Waals surface area (Å²) in [5.41, 5.74) is 1.99. The number of nitrogens with zero attached hydrogens (tertiary/aromatic N) is 4. The Morgan fingerprint density at radius 3 is 2.29 bits per heavy atom. The molecule has 1 aromatic rings. The van der Waals surface area contributed by atoms with Crippen LogP contribution in [-0.2, 0) is 0 Å². The number of benzene rings is 1. The van der Waals surface area contributed by atoms with Crippen LogP contribution in [0, 0.1) is 10.1 Å². The minimum Gasteiger partial charge on any atom is -0.369 e. The molecule has 2 aliphatic heterocycles. The molecule has 0 aromatic heterocycles. The Kier molecular flexibility index (Phi) is 3.96. The summed E-state index contributed by atoms with van der Waals surface area (Å²) in [5, 5.41) is 11.4. The van der Waals surface area contributed by atoms with Gasteiger partial charge in [-0.05, 0) is 32.0 Å². The molecule has 0 unspecified atom stereocenters. The molecule has 21 heavy (non-hydrogen) atoms. The lowest BCUT2D eigenvalue weighted by Gasteiger charge is -2.34. The van der Waals surface area contributed by atoms with E-state index < -0.39 is 0 Å². The number of likely N-dealkylation sites (N-methyl/N-ethyl adjacent to an activating group) is 1. The number of rotatable bonds is 3. The van der Waals surface area contributed by atoms with Crippen LogP contribution in [0.4, 0.5) is 17.1 Å². The molecule has 2 aliphatic rings. The predicted octanol–water partition coefficient (Wildman–Crippen LogP) is 1.95. The lowest BCUT2D eigenvalue weighted by atomic mass is 10.2. The van der Waals surface area contributed by atoms with E-state index in [0.29, 0.717) is 0 Å². The summed E-state index contributed by atoms with van der Waals surface area (Å²) >= 11 is 0. The maximum Gasteiger partial charge on any atom is 0.294 e. The van der Waals surface area contributed by atoms with Crippen molar-refractivity contribution in [3.63, 3.8) is 0 Å². The predicted molar refractivity (Wildman–Crippen MR) is 84.3 cm³/mol. The third-order valence-corrected chi connectivity index (χ3v) is 4.47. The first-order chi connectivity index (χ1) is 10.1. The Morgan fingerprint density at radius 1 is 1.00 bits per heavy atom. The summed E-state index contributed by atoms with van der Waals surface area (Å²) in [4.78, 5) is 17.8. The van der Waals surface area contributed by atoms with Crippen molar-refractivity contribution in [3.8, 4) is 0 Å². The molecular weight excluding hydrogens is 268 g/mol. The zero-order valence-corrected chi connectivity index (χ0v) is 12.5. The van der Waals surface area contributed by atoms with E-state index in [1.807, 2.05) is 12.1 Å². The highest BCUT2D eigenvalue weighted by Gasteiger charge is 2.24. The van der Waals surface area contributed by atoms with Crippen molar-refractivity contribution in [1.82, 2.24) is 4.90 Å². The quantitative estimate of drug-likeness (QED) is 0.629. The van der Waals surface area contributed by atoms with Gasteiger partial charge in [0.2, 0.25) is 0 Å². The largest absolute Gasteiger partial charge is 0.369 e. The lowest BCUT2D eigenvalue weighted by Crippen LogP contribution is -2.44. The van der Waals surface area contributed by atoms with Gasteiger partial charge in [-0.15, -0.1) is 0 Å². The molecule has 2 fully saturated rings. The van der Waals surface area contributed by atoms with E-state index in [1.54, 1.807) is 6.07 Å². The van der Waals surface area contributed by atoms with Crippen molar-refractivity contribution in [2.45, 2.75) is 12.8 Å². The normalized spacial score (nSPS) is 20.0. The van der Waals surface area contributed by atoms with Gasteiger partial charge in [-0.1, -0.05) is 0 Å². The fraction of sp³-hybridized carbons (Fsp3) is 0.600. The Bertz CT molecular complexity index is 520. The summed E-state index contributed by atoms with van der Waals surface area (Å²) in [5.74, 6) is 0. The third-order valence-electron chi connectivity index (χ3n) is 4.47. The molecule has 6 nitrogen and oxygen atoms in total. The van der Waals surface area contributed by atoms with Gasteiger partial charge in [-0.2, -0.15) is 0 Å². The Morgan fingerprint density at radius 2 is 1.67 bits per heavy atom. The third kappa shape index (κ3) is 2.95. The second kappa shape index (κ2) is 5.89. The van der Waals surface area contributed by atoms with Crippen molar-refractivity contribution in [2.24, 2.45) is 0 Å². The molecule has 6 heteroatoms. The zero-order valence-electron chi connectivity index (χ0n) is 12.5. The summed E-state index contributed by atoms with van der Waals surface area (Å²) in [6.07, 6.45) is 2.24. The molecule has 114 valence electrons. The van der Waals surface area contributed by atoms with Crippen LogP contribution in [0.1, 0.15) is 12.8 Å². The van der Waals surface area contributed by atoms with Crippen molar-refractivity contribution < 1.29 is 4.92 Å². The standard InChI is InChI=1S/C15H22N4O2/c1-16-8-10-17(11-9-16)13-4-5-14(15(12-13)19(20)21)18-6-2-3-7-18/h4-5,12H,2-3,6-11H2,1H3. The van der Waals surface area contributed by atoms with Crippen LogP contribution in [0.5, 0.6) is 0 Å². The van der Waals surface area contributed by atoms with Crippen molar-refractivity contribution in [1.29, 1.82) is 0 Å². The Labute approximate surface area is 125 Å². The maximum absolute atomic E-state index is 11.4. The minimum absolute atomic E-state index is 0.243. The minimum atomic E-state index is -0.243. The van der Waals surface area contributed by atoms with Crippen LogP contribution in [0.3, 0.4) is 0 Å². The fourth-order valence-corrected chi connectivity index (χ4v) is 3.14. The Hall–Kier alpha value is -1.82. The van der Waals surface area contributed by atoms with E-state index in [9.17, 15) is 10.1 Å². The van der Waals surface area contributed by atoms with Gasteiger partial charge >= 0.3 is 0 Å². The summed E-state index contributed by atoms with van der Waals surface area (Å²) in [6, 6.07) is 5.71. The SMILES string of the molecule is CN1CCN(c2ccc(N3CCCC3)c([N+](=O)[O-])c2)CC1. The molecular formula is C15H22N4O2. The van der Waals surface area contributed by atoms with E-state index in [4.69, 9.17) is 0 Å². The van der Waals surface area contributed by atoms with Gasteiger partial charge in [0.05, 0.1) is 4.92 Å². The average Bonchev–Trinajstić information content (AvgIpc) is 3.01. The van der Waals surface area contributed by atoms with Crippen molar-refractivity contribution in [3.05, 3.63) is 28.3 Å². The molecule has 0 spiro atoms. The number of hydrogen-bond donors (Lipinski definition) is 0. The first-order valence-corrected chi connectivity index (χ1v) is 7.62. The molecule has 0 aliphatic carbocycles. The number of anilines is 2. The fourth-order valence-electron chi connectivity index (χ4n) is 3.14. The van der Waals surface area contributed by atoms with Gasteiger partial charge in [-0.25, -0.2) is 0 Å². The second-order valence-corrected chi connectivity index (χ2v) is 5.91. The van der Waals surface area contributed by atoms with Gasteiger partial charge in [-0.3, -0.25) is 10.1 Å². The van der Waals surface area contributed by atoms with Gasteiger partial charge < -0.3 is 14.7 Å². The first-order valence-electron chi connectivity index (χ1n) is 7.62. The molecule has 0 N–H and O–H groups in total. The summed E-state index contributed by atoms with van der Waals surface area (Å²) in [7, 11) is 2.11. The molecule has 1 aromatic carbocycles. The van der Waals surface area contributed by atoms with Crippen molar-refractivity contribution in [2.75, 3.05) is 56.1 Å². The van der Waals surface area contributed by atoms with Crippen LogP contribution in [0.25, 0.3) is 0 Å². The highest BCUT2D eigenvalue weighted by Crippen LogP contribution is 2.34. The highest BCUT2D eigenvalue weighted by atomic mass is 16.6. The van der Waals surface area contributed by atoms with E-state index in [1.165, 1.54) is 0 Å². The lowest BCUT2D eigenvalue weighted by molar-refractivity contribution is -0.384. The van der Waals surface area contributed by atoms with Crippen LogP contribution < -0.4 is 9.80 Å². The van der Waals surface area contributed by atoms with Crippen LogP contribution in [-0.4, -0.2) is 56.1 Å². The molecule has 3 rings (SSSR count). The van der Waals surface area contributed by atoms with Crippen LogP contribution >= 0.6 is 0 Å². The molecule has 2 saturated heterocycles. The van der Waals surface area contributed by atoms with E-state index in [-0.39, 0.29) is 10.6 Å². The molecule has 0 saturated carbocycles. The van der Waals surface area contributed by atoms with Crippen LogP contribution in [0.2, 0.25) is 0 Å². The molecule has 0 bridgehead atoms. The molecule has 0 amide bonds.